The van der Waals surface area contributed by atoms with Crippen molar-refractivity contribution in [3.8, 4) is 0 Å². The number of nitrogens with one attached hydrogen (secondary N) is 2. The highest BCUT2D eigenvalue weighted by Crippen LogP contribution is 2.39. The standard InChI is InChI=1S/C16H22N2O3/c1-3-11-4-6-12(7-5-11)10-17-15(21)18-16(2,14(19)20)13-8-9-13/h4-7,13H,3,8-10H2,1-2H3,(H,19,20)(H2,17,18,21). The van der Waals surface area contributed by atoms with E-state index < -0.39 is 17.5 Å². The van der Waals surface area contributed by atoms with Crippen LogP contribution in [0.4, 0.5) is 4.79 Å². The highest BCUT2D eigenvalue weighted by atomic mass is 16.4. The Morgan fingerprint density at radius 2 is 1.81 bits per heavy atom. The first kappa shape index (κ1) is 15.4. The molecule has 0 aromatic heterocycles. The Labute approximate surface area is 124 Å². The first-order chi connectivity index (χ1) is 9.95. The number of rotatable bonds is 6. The van der Waals surface area contributed by atoms with Crippen LogP contribution in [0.25, 0.3) is 0 Å². The smallest absolute Gasteiger partial charge is 0.329 e. The van der Waals surface area contributed by atoms with Gasteiger partial charge < -0.3 is 15.7 Å². The van der Waals surface area contributed by atoms with Crippen LogP contribution in [0, 0.1) is 5.92 Å². The van der Waals surface area contributed by atoms with Gasteiger partial charge in [-0.1, -0.05) is 31.2 Å². The molecule has 3 N–H and O–H groups in total. The summed E-state index contributed by atoms with van der Waals surface area (Å²) in [5.41, 5.74) is 1.07. The third-order valence-corrected chi connectivity index (χ3v) is 4.10. The average molecular weight is 290 g/mol. The molecule has 1 fully saturated rings. The summed E-state index contributed by atoms with van der Waals surface area (Å²) in [7, 11) is 0. The van der Waals surface area contributed by atoms with Crippen LogP contribution in [-0.4, -0.2) is 22.6 Å². The number of carbonyl (C=O) groups excluding carboxylic acids is 1. The van der Waals surface area contributed by atoms with E-state index in [0.29, 0.717) is 6.54 Å². The summed E-state index contributed by atoms with van der Waals surface area (Å²) in [6.45, 7) is 4.05. The summed E-state index contributed by atoms with van der Waals surface area (Å²) in [6, 6.07) is 7.56. The highest BCUT2D eigenvalue weighted by Gasteiger charge is 2.48. The predicted molar refractivity (Wildman–Crippen MR) is 80.0 cm³/mol. The lowest BCUT2D eigenvalue weighted by Crippen LogP contribution is -2.56. The van der Waals surface area contributed by atoms with Crippen LogP contribution in [0.2, 0.25) is 0 Å². The Morgan fingerprint density at radius 1 is 1.24 bits per heavy atom. The Hall–Kier alpha value is -2.04. The summed E-state index contributed by atoms with van der Waals surface area (Å²) in [4.78, 5) is 23.2. The normalized spacial score (nSPS) is 16.9. The van der Waals surface area contributed by atoms with Crippen molar-refractivity contribution in [2.75, 3.05) is 0 Å². The molecule has 0 spiro atoms. The number of aliphatic carboxylic acids is 1. The van der Waals surface area contributed by atoms with Crippen molar-refractivity contribution in [2.24, 2.45) is 5.92 Å². The molecule has 0 heterocycles. The topological polar surface area (TPSA) is 78.4 Å². The first-order valence-electron chi connectivity index (χ1n) is 7.33. The van der Waals surface area contributed by atoms with E-state index in [4.69, 9.17) is 0 Å². The third-order valence-electron chi connectivity index (χ3n) is 4.10. The van der Waals surface area contributed by atoms with Crippen LogP contribution in [0.15, 0.2) is 24.3 Å². The van der Waals surface area contributed by atoms with Gasteiger partial charge in [0.05, 0.1) is 0 Å². The Balaban J connectivity index is 1.87. The number of urea groups is 1. The van der Waals surface area contributed by atoms with Crippen LogP contribution in [0.1, 0.15) is 37.8 Å². The van der Waals surface area contributed by atoms with Crippen molar-refractivity contribution in [1.29, 1.82) is 0 Å². The van der Waals surface area contributed by atoms with Crippen molar-refractivity contribution in [3.63, 3.8) is 0 Å². The fourth-order valence-electron chi connectivity index (χ4n) is 2.35. The number of aryl methyl sites for hydroxylation is 1. The molecule has 1 saturated carbocycles. The zero-order valence-electron chi connectivity index (χ0n) is 12.5. The van der Waals surface area contributed by atoms with E-state index in [2.05, 4.69) is 17.6 Å². The average Bonchev–Trinajstić information content (AvgIpc) is 3.30. The number of hydrogen-bond acceptors (Lipinski definition) is 2. The molecule has 0 saturated heterocycles. The molecule has 0 radical (unpaired) electrons. The summed E-state index contributed by atoms with van der Waals surface area (Å²) >= 11 is 0. The molecule has 2 rings (SSSR count). The summed E-state index contributed by atoms with van der Waals surface area (Å²) in [5, 5.41) is 14.6. The number of hydrogen-bond donors (Lipinski definition) is 3. The van der Waals surface area contributed by atoms with E-state index in [-0.39, 0.29) is 5.92 Å². The number of carboxylic acids is 1. The van der Waals surface area contributed by atoms with Gasteiger partial charge in [0.25, 0.3) is 0 Å². The van der Waals surface area contributed by atoms with Gasteiger partial charge in [-0.15, -0.1) is 0 Å². The fraction of sp³-hybridized carbons (Fsp3) is 0.500. The minimum absolute atomic E-state index is 0.0320. The summed E-state index contributed by atoms with van der Waals surface area (Å²) in [6.07, 6.45) is 2.68. The lowest BCUT2D eigenvalue weighted by atomic mass is 9.96. The van der Waals surface area contributed by atoms with Crippen molar-refractivity contribution in [1.82, 2.24) is 10.6 Å². The van der Waals surface area contributed by atoms with E-state index in [0.717, 1.165) is 24.8 Å². The minimum atomic E-state index is -1.17. The SMILES string of the molecule is CCc1ccc(CNC(=O)NC(C)(C(=O)O)C2CC2)cc1. The van der Waals surface area contributed by atoms with Crippen molar-refractivity contribution < 1.29 is 14.7 Å². The molecule has 2 amide bonds. The highest BCUT2D eigenvalue weighted by molar-refractivity contribution is 5.86. The number of benzene rings is 1. The summed E-state index contributed by atoms with van der Waals surface area (Å²) < 4.78 is 0. The van der Waals surface area contributed by atoms with E-state index in [1.807, 2.05) is 24.3 Å². The number of amides is 2. The molecule has 1 aliphatic rings. The molecule has 1 unspecified atom stereocenters. The lowest BCUT2D eigenvalue weighted by molar-refractivity contribution is -0.144. The third kappa shape index (κ3) is 3.74. The molecule has 1 atom stereocenters. The van der Waals surface area contributed by atoms with Gasteiger partial charge in [-0.05, 0) is 43.2 Å². The molecule has 1 aromatic rings. The van der Waals surface area contributed by atoms with Gasteiger partial charge >= 0.3 is 12.0 Å². The maximum Gasteiger partial charge on any atom is 0.329 e. The molecule has 5 heteroatoms. The van der Waals surface area contributed by atoms with Gasteiger partial charge in [-0.2, -0.15) is 0 Å². The molecule has 5 nitrogen and oxygen atoms in total. The van der Waals surface area contributed by atoms with Crippen LogP contribution in [-0.2, 0) is 17.8 Å². The van der Waals surface area contributed by atoms with E-state index in [9.17, 15) is 14.7 Å². The molecular weight excluding hydrogens is 268 g/mol. The Morgan fingerprint density at radius 3 is 2.29 bits per heavy atom. The Kier molecular flexibility index (Phi) is 4.50. The monoisotopic (exact) mass is 290 g/mol. The fourth-order valence-corrected chi connectivity index (χ4v) is 2.35. The van der Waals surface area contributed by atoms with Crippen LogP contribution in [0.5, 0.6) is 0 Å². The van der Waals surface area contributed by atoms with Crippen molar-refractivity contribution >= 4 is 12.0 Å². The number of carboxylic acid groups (broad SMARTS) is 1. The molecule has 114 valence electrons. The van der Waals surface area contributed by atoms with Gasteiger partial charge in [0.15, 0.2) is 0 Å². The van der Waals surface area contributed by atoms with Gasteiger partial charge in [-0.3, -0.25) is 0 Å². The quantitative estimate of drug-likeness (QED) is 0.752. The predicted octanol–water partition coefficient (Wildman–Crippen LogP) is 2.30. The van der Waals surface area contributed by atoms with Crippen LogP contribution >= 0.6 is 0 Å². The van der Waals surface area contributed by atoms with E-state index >= 15 is 0 Å². The second-order valence-corrected chi connectivity index (χ2v) is 5.76. The zero-order valence-corrected chi connectivity index (χ0v) is 12.5. The molecule has 1 aromatic carbocycles. The van der Waals surface area contributed by atoms with Gasteiger partial charge in [0, 0.05) is 6.54 Å². The lowest BCUT2D eigenvalue weighted by Gasteiger charge is -2.26. The van der Waals surface area contributed by atoms with E-state index in [1.165, 1.54) is 5.56 Å². The maximum absolute atomic E-state index is 11.9. The maximum atomic E-state index is 11.9. The molecular formula is C16H22N2O3. The molecule has 21 heavy (non-hydrogen) atoms. The zero-order chi connectivity index (χ0) is 15.5. The summed E-state index contributed by atoms with van der Waals surface area (Å²) in [5.74, 6) is -0.947. The van der Waals surface area contributed by atoms with Crippen molar-refractivity contribution in [2.45, 2.75) is 45.2 Å². The first-order valence-corrected chi connectivity index (χ1v) is 7.33. The largest absolute Gasteiger partial charge is 0.480 e. The van der Waals surface area contributed by atoms with Crippen LogP contribution in [0.3, 0.4) is 0 Å². The Bertz CT molecular complexity index is 523. The second-order valence-electron chi connectivity index (χ2n) is 5.76. The van der Waals surface area contributed by atoms with Crippen LogP contribution < -0.4 is 10.6 Å². The number of carbonyl (C=O) groups is 2. The van der Waals surface area contributed by atoms with Gasteiger partial charge in [-0.25, -0.2) is 9.59 Å². The van der Waals surface area contributed by atoms with Gasteiger partial charge in [0.2, 0.25) is 0 Å². The minimum Gasteiger partial charge on any atom is -0.480 e. The molecule has 0 bridgehead atoms. The van der Waals surface area contributed by atoms with E-state index in [1.54, 1.807) is 6.92 Å². The van der Waals surface area contributed by atoms with Crippen molar-refractivity contribution in [3.05, 3.63) is 35.4 Å². The van der Waals surface area contributed by atoms with Gasteiger partial charge in [0.1, 0.15) is 5.54 Å². The molecule has 0 aliphatic heterocycles. The molecule has 1 aliphatic carbocycles. The second kappa shape index (κ2) is 6.16.